The van der Waals surface area contributed by atoms with Gasteiger partial charge in [0, 0.05) is 0 Å². The number of amides is 1. The van der Waals surface area contributed by atoms with Gasteiger partial charge in [-0.15, -0.1) is 0 Å². The molecule has 0 radical (unpaired) electrons. The zero-order valence-corrected chi connectivity index (χ0v) is 8.33. The second-order valence-corrected chi connectivity index (χ2v) is 2.54. The third-order valence-electron chi connectivity index (χ3n) is 1.33. The van der Waals surface area contributed by atoms with Crippen molar-refractivity contribution in [1.29, 1.82) is 0 Å². The molecule has 78 valence electrons. The number of alkyl halides is 1. The van der Waals surface area contributed by atoms with E-state index in [1.165, 1.54) is 7.11 Å². The number of carbonyl (C=O) groups excluding carboxylic acids is 2. The van der Waals surface area contributed by atoms with Crippen LogP contribution in [0.1, 0.15) is 13.8 Å². The van der Waals surface area contributed by atoms with Gasteiger partial charge < -0.3 is 14.8 Å². The third kappa shape index (κ3) is 7.24. The molecule has 0 saturated heterocycles. The first-order valence-corrected chi connectivity index (χ1v) is 3.79. The van der Waals surface area contributed by atoms with Gasteiger partial charge in [-0.25, -0.2) is 4.79 Å². The van der Waals surface area contributed by atoms with E-state index in [0.717, 1.165) is 0 Å². The quantitative estimate of drug-likeness (QED) is 0.684. The van der Waals surface area contributed by atoms with Gasteiger partial charge in [-0.1, -0.05) is 13.8 Å². The lowest BCUT2D eigenvalue weighted by Gasteiger charge is -2.14. The molecule has 0 heterocycles. The molecule has 0 fully saturated rings. The summed E-state index contributed by atoms with van der Waals surface area (Å²) in [4.78, 5) is 20.9. The molecule has 0 bridgehead atoms. The van der Waals surface area contributed by atoms with Gasteiger partial charge in [0.15, 0.2) is 0 Å². The number of halogens is 1. The van der Waals surface area contributed by atoms with Gasteiger partial charge in [-0.05, 0) is 5.92 Å². The fraction of sp³-hybridized carbons (Fsp3) is 0.750. The van der Waals surface area contributed by atoms with Crippen molar-refractivity contribution in [3.63, 3.8) is 0 Å². The SMILES string of the molecule is CF.COC(=O)N[C@H](C=O)C(C)C. The summed E-state index contributed by atoms with van der Waals surface area (Å²) in [5.74, 6) is 0.0894. The smallest absolute Gasteiger partial charge is 0.407 e. The molecule has 0 aliphatic rings. The van der Waals surface area contributed by atoms with E-state index in [1.807, 2.05) is 13.8 Å². The average molecular weight is 193 g/mol. The summed E-state index contributed by atoms with van der Waals surface area (Å²) in [7, 11) is 1.76. The lowest BCUT2D eigenvalue weighted by atomic mass is 10.1. The van der Waals surface area contributed by atoms with Gasteiger partial charge in [-0.2, -0.15) is 0 Å². The Kier molecular flexibility index (Phi) is 9.93. The molecule has 1 amide bonds. The van der Waals surface area contributed by atoms with E-state index >= 15 is 0 Å². The molecule has 0 unspecified atom stereocenters. The predicted octanol–water partition coefficient (Wildman–Crippen LogP) is 1.15. The second-order valence-electron chi connectivity index (χ2n) is 2.54. The number of nitrogens with one attached hydrogen (secondary N) is 1. The van der Waals surface area contributed by atoms with Crippen LogP contribution in [0.15, 0.2) is 0 Å². The minimum absolute atomic E-state index is 0.0894. The molecule has 5 heteroatoms. The van der Waals surface area contributed by atoms with Crippen molar-refractivity contribution >= 4 is 12.4 Å². The van der Waals surface area contributed by atoms with E-state index in [-0.39, 0.29) is 5.92 Å². The van der Waals surface area contributed by atoms with Crippen LogP contribution in [0, 0.1) is 5.92 Å². The Morgan fingerprint density at radius 1 is 1.46 bits per heavy atom. The molecule has 0 rings (SSSR count). The summed E-state index contributed by atoms with van der Waals surface area (Å²) in [5.41, 5.74) is 0. The maximum Gasteiger partial charge on any atom is 0.407 e. The Bertz CT molecular complexity index is 150. The molecule has 0 saturated carbocycles. The largest absolute Gasteiger partial charge is 0.453 e. The first-order chi connectivity index (χ1) is 6.11. The van der Waals surface area contributed by atoms with Crippen LogP contribution >= 0.6 is 0 Å². The molecule has 0 aromatic heterocycles. The van der Waals surface area contributed by atoms with E-state index in [9.17, 15) is 14.0 Å². The molecule has 0 spiro atoms. The maximum absolute atomic E-state index is 10.6. The number of ether oxygens (including phenoxy) is 1. The standard InChI is InChI=1S/C7H13NO3.CH3F/c1-5(2)6(4-9)8-7(10)11-3;1-2/h4-6H,1-3H3,(H,8,10);1H3/t6-;/m1./s1. The zero-order chi connectivity index (χ0) is 10.9. The van der Waals surface area contributed by atoms with Crippen molar-refractivity contribution in [2.45, 2.75) is 19.9 Å². The number of alkyl carbamates (subject to hydrolysis) is 1. The van der Waals surface area contributed by atoms with Gasteiger partial charge in [0.1, 0.15) is 6.29 Å². The first-order valence-electron chi connectivity index (χ1n) is 3.79. The maximum atomic E-state index is 10.6. The molecule has 1 atom stereocenters. The Hall–Kier alpha value is -1.13. The topological polar surface area (TPSA) is 55.4 Å². The van der Waals surface area contributed by atoms with Crippen LogP contribution in [0.2, 0.25) is 0 Å². The van der Waals surface area contributed by atoms with Crippen LogP contribution in [0.25, 0.3) is 0 Å². The van der Waals surface area contributed by atoms with Gasteiger partial charge in [0.25, 0.3) is 0 Å². The molecular formula is C8H16FNO3. The van der Waals surface area contributed by atoms with Crippen LogP contribution < -0.4 is 5.32 Å². The van der Waals surface area contributed by atoms with Crippen molar-refractivity contribution in [2.75, 3.05) is 14.3 Å². The van der Waals surface area contributed by atoms with Crippen molar-refractivity contribution < 1.29 is 18.7 Å². The normalized spacial score (nSPS) is 10.9. The van der Waals surface area contributed by atoms with Crippen molar-refractivity contribution in [1.82, 2.24) is 5.32 Å². The number of aldehydes is 1. The average Bonchev–Trinajstić information content (AvgIpc) is 2.16. The summed E-state index contributed by atoms with van der Waals surface area (Å²) in [6.45, 7) is 3.68. The highest BCUT2D eigenvalue weighted by Gasteiger charge is 2.14. The van der Waals surface area contributed by atoms with Crippen LogP contribution in [0.5, 0.6) is 0 Å². The predicted molar refractivity (Wildman–Crippen MR) is 47.3 cm³/mol. The van der Waals surface area contributed by atoms with E-state index in [1.54, 1.807) is 0 Å². The molecule has 4 nitrogen and oxygen atoms in total. The highest BCUT2D eigenvalue weighted by Crippen LogP contribution is 1.97. The number of rotatable bonds is 3. The molecule has 1 N–H and O–H groups in total. The lowest BCUT2D eigenvalue weighted by molar-refractivity contribution is -0.110. The van der Waals surface area contributed by atoms with E-state index in [0.29, 0.717) is 13.5 Å². The summed E-state index contributed by atoms with van der Waals surface area (Å²) in [5, 5.41) is 2.39. The molecule has 0 aromatic rings. The Morgan fingerprint density at radius 3 is 2.15 bits per heavy atom. The lowest BCUT2D eigenvalue weighted by Crippen LogP contribution is -2.39. The fourth-order valence-corrected chi connectivity index (χ4v) is 0.553. The molecule has 13 heavy (non-hydrogen) atoms. The number of carbonyl (C=O) groups is 2. The summed E-state index contributed by atoms with van der Waals surface area (Å²) >= 11 is 0. The minimum atomic E-state index is -0.573. The molecule has 0 aliphatic heterocycles. The third-order valence-corrected chi connectivity index (χ3v) is 1.33. The van der Waals surface area contributed by atoms with Crippen LogP contribution in [0.4, 0.5) is 9.18 Å². The van der Waals surface area contributed by atoms with Crippen LogP contribution in [0.3, 0.4) is 0 Å². The summed E-state index contributed by atoms with van der Waals surface area (Å²) in [6.07, 6.45) is 0.123. The van der Waals surface area contributed by atoms with Gasteiger partial charge >= 0.3 is 6.09 Å². The number of hydrogen-bond donors (Lipinski definition) is 1. The molecular weight excluding hydrogens is 177 g/mol. The summed E-state index contributed by atoms with van der Waals surface area (Å²) in [6, 6.07) is -0.456. The second kappa shape index (κ2) is 8.96. The monoisotopic (exact) mass is 193 g/mol. The van der Waals surface area contributed by atoms with Crippen LogP contribution in [-0.4, -0.2) is 32.7 Å². The molecule has 0 aromatic carbocycles. The van der Waals surface area contributed by atoms with Crippen LogP contribution in [-0.2, 0) is 9.53 Å². The van der Waals surface area contributed by atoms with E-state index in [4.69, 9.17) is 0 Å². The van der Waals surface area contributed by atoms with Crippen molar-refractivity contribution in [2.24, 2.45) is 5.92 Å². The van der Waals surface area contributed by atoms with Crippen molar-refractivity contribution in [3.05, 3.63) is 0 Å². The Balaban J connectivity index is 0. The van der Waals surface area contributed by atoms with Crippen molar-refractivity contribution in [3.8, 4) is 0 Å². The number of methoxy groups -OCH3 is 1. The van der Waals surface area contributed by atoms with E-state index < -0.39 is 12.1 Å². The number of hydrogen-bond acceptors (Lipinski definition) is 3. The Morgan fingerprint density at radius 2 is 1.92 bits per heavy atom. The highest BCUT2D eigenvalue weighted by atomic mass is 19.1. The fourth-order valence-electron chi connectivity index (χ4n) is 0.553. The zero-order valence-electron chi connectivity index (χ0n) is 8.33. The minimum Gasteiger partial charge on any atom is -0.453 e. The first kappa shape index (κ1) is 14.4. The van der Waals surface area contributed by atoms with Gasteiger partial charge in [-0.3, -0.25) is 4.39 Å². The highest BCUT2D eigenvalue weighted by molar-refractivity contribution is 5.73. The van der Waals surface area contributed by atoms with Gasteiger partial charge in [0.05, 0.1) is 20.3 Å². The summed E-state index contributed by atoms with van der Waals surface area (Å²) < 4.78 is 13.8. The molecule has 0 aliphatic carbocycles. The van der Waals surface area contributed by atoms with Gasteiger partial charge in [0.2, 0.25) is 0 Å². The van der Waals surface area contributed by atoms with E-state index in [2.05, 4.69) is 10.1 Å². The Labute approximate surface area is 77.5 Å².